The highest BCUT2D eigenvalue weighted by molar-refractivity contribution is 7.15. The minimum atomic E-state index is -0.486. The summed E-state index contributed by atoms with van der Waals surface area (Å²) in [4.78, 5) is 18.4. The highest BCUT2D eigenvalue weighted by atomic mass is 35.5. The number of aromatic nitrogens is 3. The van der Waals surface area contributed by atoms with E-state index < -0.39 is 5.41 Å². The Morgan fingerprint density at radius 1 is 1.16 bits per heavy atom. The predicted octanol–water partition coefficient (Wildman–Crippen LogP) is 5.42. The Hall–Kier alpha value is -2.77. The molecule has 2 aromatic heterocycles. The topological polar surface area (TPSA) is 59.3 Å². The molecular weight excluding hydrogens is 447 g/mol. The quantitative estimate of drug-likeness (QED) is 0.411. The first-order chi connectivity index (χ1) is 15.6. The summed E-state index contributed by atoms with van der Waals surface area (Å²) in [7, 11) is 0. The number of benzene rings is 2. The molecule has 164 valence electrons. The van der Waals surface area contributed by atoms with Crippen molar-refractivity contribution < 1.29 is 9.18 Å². The molecule has 0 atom stereocenters. The minimum absolute atomic E-state index is 0.0643. The zero-order chi connectivity index (χ0) is 22.1. The fraction of sp³-hybridized carbons (Fsp3) is 0.292. The maximum atomic E-state index is 14.1. The van der Waals surface area contributed by atoms with Crippen LogP contribution < -0.4 is 5.32 Å². The number of amides is 1. The van der Waals surface area contributed by atoms with Gasteiger partial charge in [0.05, 0.1) is 16.7 Å². The Kier molecular flexibility index (Phi) is 5.69. The molecule has 0 aliphatic heterocycles. The standard InChI is InChI=1S/C24H22ClFN4OS/c25-17-9-7-16(8-10-17)24(12-3-4-13-24)22(31)27-14-11-18-15-32-23-28-21(29-30(18)23)19-5-1-2-6-20(19)26/h1-2,5-10,15H,3-4,11-14H2,(H,27,31). The van der Waals surface area contributed by atoms with Gasteiger partial charge in [0, 0.05) is 23.4 Å². The third-order valence-electron chi connectivity index (χ3n) is 6.22. The van der Waals surface area contributed by atoms with Gasteiger partial charge in [0.1, 0.15) is 5.82 Å². The summed E-state index contributed by atoms with van der Waals surface area (Å²) in [6.45, 7) is 0.495. The van der Waals surface area contributed by atoms with Crippen LogP contribution in [-0.2, 0) is 16.6 Å². The van der Waals surface area contributed by atoms with Crippen LogP contribution in [-0.4, -0.2) is 27.0 Å². The summed E-state index contributed by atoms with van der Waals surface area (Å²) in [6.07, 6.45) is 4.39. The molecule has 4 aromatic rings. The van der Waals surface area contributed by atoms with Gasteiger partial charge in [0.2, 0.25) is 10.9 Å². The van der Waals surface area contributed by atoms with Gasteiger partial charge in [-0.3, -0.25) is 4.79 Å². The van der Waals surface area contributed by atoms with E-state index in [-0.39, 0.29) is 11.7 Å². The number of carbonyl (C=O) groups is 1. The lowest BCUT2D eigenvalue weighted by Crippen LogP contribution is -2.43. The summed E-state index contributed by atoms with van der Waals surface area (Å²) in [5.74, 6) is 0.0888. The van der Waals surface area contributed by atoms with Crippen molar-refractivity contribution in [1.29, 1.82) is 0 Å². The number of halogens is 2. The van der Waals surface area contributed by atoms with Crippen LogP contribution in [0.1, 0.15) is 36.9 Å². The lowest BCUT2D eigenvalue weighted by molar-refractivity contribution is -0.126. The maximum Gasteiger partial charge on any atom is 0.230 e. The number of hydrogen-bond donors (Lipinski definition) is 1. The number of rotatable bonds is 6. The van der Waals surface area contributed by atoms with Crippen molar-refractivity contribution in [2.24, 2.45) is 0 Å². The molecule has 2 aromatic carbocycles. The molecule has 32 heavy (non-hydrogen) atoms. The van der Waals surface area contributed by atoms with Gasteiger partial charge in [-0.1, -0.05) is 48.7 Å². The molecule has 2 heterocycles. The normalized spacial score (nSPS) is 15.3. The molecule has 0 radical (unpaired) electrons. The van der Waals surface area contributed by atoms with Crippen LogP contribution in [0, 0.1) is 5.82 Å². The minimum Gasteiger partial charge on any atom is -0.355 e. The first-order valence-corrected chi connectivity index (χ1v) is 11.9. The molecule has 0 unspecified atom stereocenters. The van der Waals surface area contributed by atoms with Crippen molar-refractivity contribution in [3.63, 3.8) is 0 Å². The Labute approximate surface area is 194 Å². The van der Waals surface area contributed by atoms with E-state index in [2.05, 4.69) is 15.4 Å². The van der Waals surface area contributed by atoms with Crippen LogP contribution >= 0.6 is 22.9 Å². The molecule has 0 saturated heterocycles. The molecule has 0 spiro atoms. The Morgan fingerprint density at radius 3 is 2.66 bits per heavy atom. The van der Waals surface area contributed by atoms with E-state index in [0.29, 0.717) is 34.3 Å². The predicted molar refractivity (Wildman–Crippen MR) is 125 cm³/mol. The van der Waals surface area contributed by atoms with Crippen molar-refractivity contribution >= 4 is 33.8 Å². The van der Waals surface area contributed by atoms with E-state index in [1.54, 1.807) is 22.7 Å². The number of thiazole rings is 1. The monoisotopic (exact) mass is 468 g/mol. The zero-order valence-corrected chi connectivity index (χ0v) is 18.9. The Bertz CT molecular complexity index is 1260. The van der Waals surface area contributed by atoms with Crippen molar-refractivity contribution in [3.8, 4) is 11.4 Å². The third kappa shape index (κ3) is 3.80. The summed E-state index contributed by atoms with van der Waals surface area (Å²) in [5, 5.41) is 10.3. The van der Waals surface area contributed by atoms with Crippen molar-refractivity contribution in [3.05, 3.63) is 76.0 Å². The fourth-order valence-corrected chi connectivity index (χ4v) is 5.50. The number of carbonyl (C=O) groups excluding carboxylic acids is 1. The van der Waals surface area contributed by atoms with Gasteiger partial charge in [-0.25, -0.2) is 8.91 Å². The Morgan fingerprint density at radius 2 is 1.91 bits per heavy atom. The summed E-state index contributed by atoms with van der Waals surface area (Å²) in [5.41, 5.74) is 1.86. The van der Waals surface area contributed by atoms with Gasteiger partial charge < -0.3 is 5.32 Å². The van der Waals surface area contributed by atoms with Crippen LogP contribution in [0.3, 0.4) is 0 Å². The van der Waals surface area contributed by atoms with E-state index in [9.17, 15) is 9.18 Å². The highest BCUT2D eigenvalue weighted by Crippen LogP contribution is 2.41. The van der Waals surface area contributed by atoms with Gasteiger partial charge >= 0.3 is 0 Å². The van der Waals surface area contributed by atoms with E-state index in [4.69, 9.17) is 11.6 Å². The van der Waals surface area contributed by atoms with Gasteiger partial charge in [-0.2, -0.15) is 4.98 Å². The summed E-state index contributed by atoms with van der Waals surface area (Å²) >= 11 is 7.51. The lowest BCUT2D eigenvalue weighted by Gasteiger charge is -2.28. The molecule has 1 aliphatic rings. The molecule has 1 N–H and O–H groups in total. The molecule has 1 saturated carbocycles. The van der Waals surface area contributed by atoms with E-state index >= 15 is 0 Å². The molecular formula is C24H22ClFN4OS. The first kappa shape index (κ1) is 21.1. The van der Waals surface area contributed by atoms with Crippen molar-refractivity contribution in [1.82, 2.24) is 19.9 Å². The molecule has 0 bridgehead atoms. The molecule has 5 nitrogen and oxygen atoms in total. The second-order valence-corrected chi connectivity index (χ2v) is 9.41. The average molecular weight is 469 g/mol. The van der Waals surface area contributed by atoms with Crippen molar-refractivity contribution in [2.75, 3.05) is 6.54 Å². The Balaban J connectivity index is 1.30. The van der Waals surface area contributed by atoms with Gasteiger partial charge in [-0.05, 0) is 42.7 Å². The third-order valence-corrected chi connectivity index (χ3v) is 7.34. The first-order valence-electron chi connectivity index (χ1n) is 10.7. The number of fused-ring (bicyclic) bond motifs is 1. The number of nitrogens with zero attached hydrogens (tertiary/aromatic N) is 3. The van der Waals surface area contributed by atoms with Gasteiger partial charge in [0.25, 0.3) is 0 Å². The largest absolute Gasteiger partial charge is 0.355 e. The van der Waals surface area contributed by atoms with Crippen LogP contribution in [0.15, 0.2) is 53.9 Å². The van der Waals surface area contributed by atoms with Gasteiger partial charge in [0.15, 0.2) is 5.82 Å². The summed E-state index contributed by atoms with van der Waals surface area (Å²) < 4.78 is 15.8. The SMILES string of the molecule is O=C(NCCc1csc2nc(-c3ccccc3F)nn12)C1(c2ccc(Cl)cc2)CCCC1. The maximum absolute atomic E-state index is 14.1. The second-order valence-electron chi connectivity index (χ2n) is 8.14. The van der Waals surface area contributed by atoms with E-state index in [1.165, 1.54) is 17.4 Å². The summed E-state index contributed by atoms with van der Waals surface area (Å²) in [6, 6.07) is 14.1. The van der Waals surface area contributed by atoms with Crippen molar-refractivity contribution in [2.45, 2.75) is 37.5 Å². The van der Waals surface area contributed by atoms with E-state index in [0.717, 1.165) is 36.9 Å². The van der Waals surface area contributed by atoms with Crippen LogP contribution in [0.4, 0.5) is 4.39 Å². The molecule has 1 amide bonds. The average Bonchev–Trinajstić information content (AvgIpc) is 3.52. The van der Waals surface area contributed by atoms with E-state index in [1.807, 2.05) is 29.6 Å². The molecule has 5 rings (SSSR count). The number of hydrogen-bond acceptors (Lipinski definition) is 4. The lowest BCUT2D eigenvalue weighted by atomic mass is 9.78. The highest BCUT2D eigenvalue weighted by Gasteiger charge is 2.42. The molecule has 1 aliphatic carbocycles. The van der Waals surface area contributed by atoms with Crippen LogP contribution in [0.5, 0.6) is 0 Å². The molecule has 1 fully saturated rings. The smallest absolute Gasteiger partial charge is 0.230 e. The number of nitrogens with one attached hydrogen (secondary N) is 1. The van der Waals surface area contributed by atoms with Crippen LogP contribution in [0.25, 0.3) is 16.3 Å². The second kappa shape index (κ2) is 8.64. The van der Waals surface area contributed by atoms with Crippen LogP contribution in [0.2, 0.25) is 5.02 Å². The fourth-order valence-electron chi connectivity index (χ4n) is 4.52. The zero-order valence-electron chi connectivity index (χ0n) is 17.4. The van der Waals surface area contributed by atoms with Gasteiger partial charge in [-0.15, -0.1) is 16.4 Å². The molecule has 8 heteroatoms.